The van der Waals surface area contributed by atoms with E-state index in [1.807, 2.05) is 6.26 Å². The van der Waals surface area contributed by atoms with E-state index in [0.29, 0.717) is 22.8 Å². The van der Waals surface area contributed by atoms with Gasteiger partial charge in [0.2, 0.25) is 5.24 Å². The second-order valence-corrected chi connectivity index (χ2v) is 4.21. The van der Waals surface area contributed by atoms with E-state index in [9.17, 15) is 9.59 Å². The minimum absolute atomic E-state index is 0.159. The lowest BCUT2D eigenvalue weighted by Crippen LogP contribution is -2.17. The average molecular weight is 247 g/mol. The molecule has 1 aromatic heterocycles. The van der Waals surface area contributed by atoms with Gasteiger partial charge in [-0.25, -0.2) is 4.98 Å². The van der Waals surface area contributed by atoms with E-state index in [1.54, 1.807) is 6.92 Å². The Kier molecular flexibility index (Phi) is 4.35. The summed E-state index contributed by atoms with van der Waals surface area (Å²) in [6.07, 6.45) is 2.33. The Morgan fingerprint density at radius 1 is 1.60 bits per heavy atom. The van der Waals surface area contributed by atoms with Gasteiger partial charge in [0.15, 0.2) is 5.16 Å². The smallest absolute Gasteiger partial charge is 0.254 e. The van der Waals surface area contributed by atoms with Gasteiger partial charge in [-0.15, -0.1) is 0 Å². The molecule has 0 bridgehead atoms. The summed E-state index contributed by atoms with van der Waals surface area (Å²) in [5.74, 6) is 0. The van der Waals surface area contributed by atoms with Crippen molar-refractivity contribution in [3.05, 3.63) is 21.6 Å². The quantitative estimate of drug-likeness (QED) is 0.497. The molecule has 0 atom stereocenters. The van der Waals surface area contributed by atoms with Gasteiger partial charge < -0.3 is 4.98 Å². The first-order chi connectivity index (χ1) is 7.04. The fourth-order valence-corrected chi connectivity index (χ4v) is 1.72. The molecular formula is C9H11ClN2O2S. The highest BCUT2D eigenvalue weighted by atomic mass is 35.5. The fourth-order valence-electron chi connectivity index (χ4n) is 1.20. The summed E-state index contributed by atoms with van der Waals surface area (Å²) in [4.78, 5) is 29.0. The lowest BCUT2D eigenvalue weighted by atomic mass is 10.1. The third-order valence-corrected chi connectivity index (χ3v) is 2.73. The number of thioether (sulfide) groups is 1. The molecule has 1 rings (SSSR count). The molecule has 15 heavy (non-hydrogen) atoms. The van der Waals surface area contributed by atoms with Crippen molar-refractivity contribution >= 4 is 28.6 Å². The van der Waals surface area contributed by atoms with Gasteiger partial charge in [0.1, 0.15) is 0 Å². The zero-order chi connectivity index (χ0) is 11.4. The third-order valence-electron chi connectivity index (χ3n) is 1.97. The molecule has 0 aromatic carbocycles. The number of carbonyl (C=O) groups is 1. The molecule has 6 heteroatoms. The number of aryl methyl sites for hydroxylation is 1. The SMILES string of the molecule is CSc1nc(C)c(CCC(=O)Cl)c(=O)[nH]1. The maximum Gasteiger partial charge on any atom is 0.254 e. The average Bonchev–Trinajstić information content (AvgIpc) is 2.15. The first-order valence-electron chi connectivity index (χ1n) is 4.36. The van der Waals surface area contributed by atoms with E-state index < -0.39 is 5.24 Å². The van der Waals surface area contributed by atoms with Crippen LogP contribution in [0.5, 0.6) is 0 Å². The normalized spacial score (nSPS) is 10.3. The van der Waals surface area contributed by atoms with Crippen molar-refractivity contribution in [2.75, 3.05) is 6.26 Å². The van der Waals surface area contributed by atoms with Crippen molar-refractivity contribution in [1.29, 1.82) is 0 Å². The zero-order valence-corrected chi connectivity index (χ0v) is 10.0. The van der Waals surface area contributed by atoms with E-state index in [2.05, 4.69) is 9.97 Å². The molecule has 0 saturated heterocycles. The van der Waals surface area contributed by atoms with Gasteiger partial charge in [0.05, 0.1) is 0 Å². The van der Waals surface area contributed by atoms with Crippen LogP contribution in [0.4, 0.5) is 0 Å². The van der Waals surface area contributed by atoms with Crippen molar-refractivity contribution in [1.82, 2.24) is 9.97 Å². The summed E-state index contributed by atoms with van der Waals surface area (Å²) in [5, 5.41) is 0.140. The van der Waals surface area contributed by atoms with Crippen LogP contribution in [0.1, 0.15) is 17.7 Å². The van der Waals surface area contributed by atoms with Crippen molar-refractivity contribution in [3.8, 4) is 0 Å². The number of nitrogens with zero attached hydrogens (tertiary/aromatic N) is 1. The van der Waals surface area contributed by atoms with Crippen LogP contribution in [-0.2, 0) is 11.2 Å². The summed E-state index contributed by atoms with van der Waals surface area (Å²) in [6, 6.07) is 0. The number of rotatable bonds is 4. The topological polar surface area (TPSA) is 62.8 Å². The van der Waals surface area contributed by atoms with E-state index in [1.165, 1.54) is 11.8 Å². The monoisotopic (exact) mass is 246 g/mol. The summed E-state index contributed by atoms with van der Waals surface area (Å²) in [5.41, 5.74) is 0.993. The van der Waals surface area contributed by atoms with Crippen LogP contribution in [0.2, 0.25) is 0 Å². The molecule has 0 radical (unpaired) electrons. The second-order valence-electron chi connectivity index (χ2n) is 2.99. The molecule has 1 aromatic rings. The molecule has 0 spiro atoms. The van der Waals surface area contributed by atoms with Crippen molar-refractivity contribution < 1.29 is 4.79 Å². The van der Waals surface area contributed by atoms with Crippen LogP contribution in [0, 0.1) is 6.92 Å². The van der Waals surface area contributed by atoms with Crippen LogP contribution in [0.25, 0.3) is 0 Å². The number of nitrogens with one attached hydrogen (secondary N) is 1. The maximum atomic E-state index is 11.6. The highest BCUT2D eigenvalue weighted by molar-refractivity contribution is 7.98. The molecule has 0 amide bonds. The molecule has 82 valence electrons. The Labute approximate surface area is 96.4 Å². The highest BCUT2D eigenvalue weighted by Crippen LogP contribution is 2.09. The largest absolute Gasteiger partial charge is 0.301 e. The molecule has 0 unspecified atom stereocenters. The molecule has 0 aliphatic carbocycles. The lowest BCUT2D eigenvalue weighted by Gasteiger charge is -2.03. The molecule has 0 saturated carbocycles. The van der Waals surface area contributed by atoms with Crippen LogP contribution >= 0.6 is 23.4 Å². The zero-order valence-electron chi connectivity index (χ0n) is 8.46. The Morgan fingerprint density at radius 2 is 2.27 bits per heavy atom. The standard InChI is InChI=1S/C9H11ClN2O2S/c1-5-6(3-4-7(10)13)8(14)12-9(11-5)15-2/h3-4H2,1-2H3,(H,11,12,14). The van der Waals surface area contributed by atoms with Crippen molar-refractivity contribution in [2.24, 2.45) is 0 Å². The summed E-state index contributed by atoms with van der Waals surface area (Å²) < 4.78 is 0. The number of H-pyrrole nitrogens is 1. The fraction of sp³-hybridized carbons (Fsp3) is 0.444. The summed E-state index contributed by atoms with van der Waals surface area (Å²) in [6.45, 7) is 1.75. The Bertz CT molecular complexity index is 431. The third kappa shape index (κ3) is 3.35. The molecule has 1 heterocycles. The number of hydrogen-bond acceptors (Lipinski definition) is 4. The predicted octanol–water partition coefficient (Wildman–Crippen LogP) is 1.50. The molecular weight excluding hydrogens is 236 g/mol. The molecule has 0 aliphatic rings. The molecule has 1 N–H and O–H groups in total. The summed E-state index contributed by atoms with van der Waals surface area (Å²) >= 11 is 6.59. The Hall–Kier alpha value is -0.810. The van der Waals surface area contributed by atoms with Crippen LogP contribution in [0.15, 0.2) is 9.95 Å². The van der Waals surface area contributed by atoms with Gasteiger partial charge >= 0.3 is 0 Å². The first-order valence-corrected chi connectivity index (χ1v) is 5.97. The first kappa shape index (κ1) is 12.3. The Morgan fingerprint density at radius 3 is 2.73 bits per heavy atom. The van der Waals surface area contributed by atoms with Gasteiger partial charge in [-0.1, -0.05) is 11.8 Å². The molecule has 4 nitrogen and oxygen atoms in total. The van der Waals surface area contributed by atoms with Gasteiger partial charge in [0, 0.05) is 17.7 Å². The highest BCUT2D eigenvalue weighted by Gasteiger charge is 2.09. The number of hydrogen-bond donors (Lipinski definition) is 1. The van der Waals surface area contributed by atoms with Crippen LogP contribution in [-0.4, -0.2) is 21.5 Å². The van der Waals surface area contributed by atoms with Gasteiger partial charge in [0.25, 0.3) is 5.56 Å². The van der Waals surface area contributed by atoms with Crippen molar-refractivity contribution in [2.45, 2.75) is 24.9 Å². The van der Waals surface area contributed by atoms with Crippen LogP contribution < -0.4 is 5.56 Å². The van der Waals surface area contributed by atoms with Crippen LogP contribution in [0.3, 0.4) is 0 Å². The van der Waals surface area contributed by atoms with Gasteiger partial charge in [-0.2, -0.15) is 0 Å². The molecule has 0 aliphatic heterocycles. The lowest BCUT2D eigenvalue weighted by molar-refractivity contribution is -0.111. The minimum Gasteiger partial charge on any atom is -0.301 e. The number of aromatic nitrogens is 2. The van der Waals surface area contributed by atoms with Gasteiger partial charge in [-0.05, 0) is 31.2 Å². The van der Waals surface area contributed by atoms with E-state index in [-0.39, 0.29) is 12.0 Å². The Balaban J connectivity index is 2.98. The number of halogens is 1. The van der Waals surface area contributed by atoms with Crippen molar-refractivity contribution in [3.63, 3.8) is 0 Å². The maximum absolute atomic E-state index is 11.6. The van der Waals surface area contributed by atoms with Gasteiger partial charge in [-0.3, -0.25) is 9.59 Å². The minimum atomic E-state index is -0.442. The second kappa shape index (κ2) is 5.32. The predicted molar refractivity (Wildman–Crippen MR) is 60.6 cm³/mol. The number of aromatic amines is 1. The van der Waals surface area contributed by atoms with E-state index in [4.69, 9.17) is 11.6 Å². The summed E-state index contributed by atoms with van der Waals surface area (Å²) in [7, 11) is 0. The molecule has 0 fully saturated rings. The van der Waals surface area contributed by atoms with E-state index >= 15 is 0 Å². The van der Waals surface area contributed by atoms with E-state index in [0.717, 1.165) is 0 Å². The number of carbonyl (C=O) groups excluding carboxylic acids is 1.